The Labute approximate surface area is 117 Å². The van der Waals surface area contributed by atoms with Crippen LogP contribution < -0.4 is 9.44 Å². The van der Waals surface area contributed by atoms with Crippen LogP contribution in [0.1, 0.15) is 5.56 Å². The van der Waals surface area contributed by atoms with Gasteiger partial charge in [-0.1, -0.05) is 12.1 Å². The van der Waals surface area contributed by atoms with Crippen LogP contribution in [-0.4, -0.2) is 39.8 Å². The second-order valence-electron chi connectivity index (χ2n) is 3.79. The van der Waals surface area contributed by atoms with Crippen molar-refractivity contribution in [2.45, 2.75) is 0 Å². The standard InChI is InChI=1S/C12H16N2O5S/c1-19-8-7-13-20(17,18)14-11-4-2-3-10(9-11)5-6-12(15)16/h2-6,9,13-14H,7-8H2,1H3,(H,15,16)/b6-5+. The molecule has 0 aromatic heterocycles. The van der Waals surface area contributed by atoms with E-state index in [9.17, 15) is 13.2 Å². The molecule has 0 aliphatic rings. The van der Waals surface area contributed by atoms with Gasteiger partial charge in [-0.3, -0.25) is 4.72 Å². The van der Waals surface area contributed by atoms with Gasteiger partial charge in [-0.05, 0) is 23.8 Å². The molecule has 7 nitrogen and oxygen atoms in total. The van der Waals surface area contributed by atoms with E-state index in [4.69, 9.17) is 9.84 Å². The number of carboxylic acids is 1. The van der Waals surface area contributed by atoms with Crippen molar-refractivity contribution in [3.05, 3.63) is 35.9 Å². The molecule has 0 unspecified atom stereocenters. The SMILES string of the molecule is COCCNS(=O)(=O)Nc1cccc(/C=C/C(=O)O)c1. The Morgan fingerprint density at radius 3 is 2.85 bits per heavy atom. The molecule has 1 rings (SSSR count). The maximum Gasteiger partial charge on any atom is 0.328 e. The van der Waals surface area contributed by atoms with Crippen molar-refractivity contribution in [2.75, 3.05) is 25.0 Å². The summed E-state index contributed by atoms with van der Waals surface area (Å²) in [6.07, 6.45) is 2.35. The van der Waals surface area contributed by atoms with Gasteiger partial charge in [-0.25, -0.2) is 4.79 Å². The number of hydrogen-bond acceptors (Lipinski definition) is 4. The van der Waals surface area contributed by atoms with E-state index in [1.807, 2.05) is 0 Å². The molecule has 8 heteroatoms. The number of carboxylic acid groups (broad SMARTS) is 1. The maximum absolute atomic E-state index is 11.7. The molecule has 0 heterocycles. The van der Waals surface area contributed by atoms with Crippen LogP contribution in [-0.2, 0) is 19.7 Å². The molecular formula is C12H16N2O5S. The molecule has 0 aliphatic carbocycles. The van der Waals surface area contributed by atoms with Crippen LogP contribution in [0.4, 0.5) is 5.69 Å². The summed E-state index contributed by atoms with van der Waals surface area (Å²) >= 11 is 0. The summed E-state index contributed by atoms with van der Waals surface area (Å²) in [4.78, 5) is 10.4. The van der Waals surface area contributed by atoms with Gasteiger partial charge < -0.3 is 9.84 Å². The van der Waals surface area contributed by atoms with E-state index in [0.29, 0.717) is 11.3 Å². The molecule has 3 N–H and O–H groups in total. The van der Waals surface area contributed by atoms with Crippen LogP contribution in [0.3, 0.4) is 0 Å². The zero-order valence-electron chi connectivity index (χ0n) is 10.9. The fraction of sp³-hybridized carbons (Fsp3) is 0.250. The fourth-order valence-corrected chi connectivity index (χ4v) is 2.20. The van der Waals surface area contributed by atoms with Crippen molar-refractivity contribution >= 4 is 27.9 Å². The highest BCUT2D eigenvalue weighted by Crippen LogP contribution is 2.13. The third kappa shape index (κ3) is 6.32. The number of rotatable bonds is 8. The smallest absolute Gasteiger partial charge is 0.328 e. The Morgan fingerprint density at radius 2 is 2.20 bits per heavy atom. The third-order valence-electron chi connectivity index (χ3n) is 2.16. The second-order valence-corrected chi connectivity index (χ2v) is 5.29. The van der Waals surface area contributed by atoms with E-state index in [2.05, 4.69) is 9.44 Å². The predicted molar refractivity (Wildman–Crippen MR) is 75.5 cm³/mol. The normalized spacial score (nSPS) is 11.7. The number of nitrogens with one attached hydrogen (secondary N) is 2. The van der Waals surface area contributed by atoms with Crippen LogP contribution >= 0.6 is 0 Å². The highest BCUT2D eigenvalue weighted by molar-refractivity contribution is 7.90. The van der Waals surface area contributed by atoms with Crippen LogP contribution in [0.5, 0.6) is 0 Å². The lowest BCUT2D eigenvalue weighted by atomic mass is 10.2. The molecule has 0 saturated heterocycles. The molecule has 0 saturated carbocycles. The number of benzene rings is 1. The van der Waals surface area contributed by atoms with Gasteiger partial charge in [0.25, 0.3) is 10.2 Å². The molecule has 20 heavy (non-hydrogen) atoms. The lowest BCUT2D eigenvalue weighted by Crippen LogP contribution is -2.32. The lowest BCUT2D eigenvalue weighted by molar-refractivity contribution is -0.131. The summed E-state index contributed by atoms with van der Waals surface area (Å²) in [5.74, 6) is -1.07. The summed E-state index contributed by atoms with van der Waals surface area (Å²) in [6.45, 7) is 0.423. The third-order valence-corrected chi connectivity index (χ3v) is 3.24. The molecule has 1 aromatic carbocycles. The van der Waals surface area contributed by atoms with Crippen molar-refractivity contribution in [2.24, 2.45) is 0 Å². The molecule has 0 bridgehead atoms. The Morgan fingerprint density at radius 1 is 1.45 bits per heavy atom. The molecule has 0 aliphatic heterocycles. The number of methoxy groups -OCH3 is 1. The van der Waals surface area contributed by atoms with E-state index in [1.165, 1.54) is 19.3 Å². The predicted octanol–water partition coefficient (Wildman–Crippen LogP) is 0.677. The van der Waals surface area contributed by atoms with Gasteiger partial charge in [0.05, 0.1) is 12.3 Å². The number of anilines is 1. The van der Waals surface area contributed by atoms with Gasteiger partial charge in [-0.15, -0.1) is 0 Å². The van der Waals surface area contributed by atoms with E-state index in [1.54, 1.807) is 18.2 Å². The monoisotopic (exact) mass is 300 g/mol. The molecule has 0 fully saturated rings. The summed E-state index contributed by atoms with van der Waals surface area (Å²) in [6, 6.07) is 6.37. The Kier molecular flexibility index (Phi) is 6.16. The average Bonchev–Trinajstić information content (AvgIpc) is 2.36. The summed E-state index contributed by atoms with van der Waals surface area (Å²) < 4.78 is 32.7. The van der Waals surface area contributed by atoms with Crippen LogP contribution in [0.15, 0.2) is 30.3 Å². The minimum absolute atomic E-state index is 0.157. The first kappa shape index (κ1) is 16.2. The van der Waals surface area contributed by atoms with Gasteiger partial charge in [0, 0.05) is 19.7 Å². The van der Waals surface area contributed by atoms with Crippen molar-refractivity contribution in [3.8, 4) is 0 Å². The molecule has 1 aromatic rings. The van der Waals surface area contributed by atoms with Crippen LogP contribution in [0, 0.1) is 0 Å². The highest BCUT2D eigenvalue weighted by atomic mass is 32.2. The first-order valence-corrected chi connectivity index (χ1v) is 7.19. The summed E-state index contributed by atoms with van der Waals surface area (Å²) in [5.41, 5.74) is 0.909. The van der Waals surface area contributed by atoms with E-state index >= 15 is 0 Å². The molecular weight excluding hydrogens is 284 g/mol. The fourth-order valence-electron chi connectivity index (χ4n) is 1.34. The van der Waals surface area contributed by atoms with Crippen molar-refractivity contribution in [1.29, 1.82) is 0 Å². The Balaban J connectivity index is 2.72. The molecule has 0 radical (unpaired) electrons. The van der Waals surface area contributed by atoms with Crippen LogP contribution in [0.25, 0.3) is 6.08 Å². The Hall–Kier alpha value is -1.90. The molecule has 0 spiro atoms. The topological polar surface area (TPSA) is 105 Å². The van der Waals surface area contributed by atoms with Gasteiger partial charge >= 0.3 is 5.97 Å². The summed E-state index contributed by atoms with van der Waals surface area (Å²) in [7, 11) is -2.20. The second kappa shape index (κ2) is 7.63. The molecule has 0 amide bonds. The zero-order chi connectivity index (χ0) is 15.0. The minimum atomic E-state index is -3.68. The largest absolute Gasteiger partial charge is 0.478 e. The van der Waals surface area contributed by atoms with Crippen molar-refractivity contribution in [3.63, 3.8) is 0 Å². The lowest BCUT2D eigenvalue weighted by Gasteiger charge is -2.09. The number of aliphatic carboxylic acids is 1. The van der Waals surface area contributed by atoms with Gasteiger partial charge in [0.15, 0.2) is 0 Å². The molecule has 110 valence electrons. The van der Waals surface area contributed by atoms with Crippen LogP contribution in [0.2, 0.25) is 0 Å². The number of ether oxygens (including phenoxy) is 1. The quantitative estimate of drug-likeness (QED) is 0.483. The maximum atomic E-state index is 11.7. The van der Waals surface area contributed by atoms with Gasteiger partial charge in [0.2, 0.25) is 0 Å². The van der Waals surface area contributed by atoms with Crippen molar-refractivity contribution < 1.29 is 23.1 Å². The zero-order valence-corrected chi connectivity index (χ0v) is 11.7. The first-order valence-electron chi connectivity index (χ1n) is 5.70. The Bertz CT molecular complexity index is 583. The van der Waals surface area contributed by atoms with E-state index in [-0.39, 0.29) is 13.2 Å². The first-order chi connectivity index (χ1) is 9.43. The molecule has 0 atom stereocenters. The highest BCUT2D eigenvalue weighted by Gasteiger charge is 2.08. The number of hydrogen-bond donors (Lipinski definition) is 3. The number of carbonyl (C=O) groups is 1. The van der Waals surface area contributed by atoms with E-state index < -0.39 is 16.2 Å². The summed E-state index contributed by atoms with van der Waals surface area (Å²) in [5, 5.41) is 8.53. The van der Waals surface area contributed by atoms with Gasteiger partial charge in [-0.2, -0.15) is 13.1 Å². The average molecular weight is 300 g/mol. The van der Waals surface area contributed by atoms with Gasteiger partial charge in [0.1, 0.15) is 0 Å². The minimum Gasteiger partial charge on any atom is -0.478 e. The van der Waals surface area contributed by atoms with Crippen molar-refractivity contribution in [1.82, 2.24) is 4.72 Å². The van der Waals surface area contributed by atoms with E-state index in [0.717, 1.165) is 6.08 Å².